The molecule has 0 aliphatic heterocycles. The fraction of sp³-hybridized carbons (Fsp3) is 0.261. The van der Waals surface area contributed by atoms with Gasteiger partial charge in [0.05, 0.1) is 38.5 Å². The minimum Gasteiger partial charge on any atom is -0.495 e. The molecule has 3 rings (SSSR count). The number of carbonyl (C=O) groups is 1. The van der Waals surface area contributed by atoms with E-state index in [0.29, 0.717) is 22.8 Å². The van der Waals surface area contributed by atoms with E-state index in [2.05, 4.69) is 5.32 Å². The van der Waals surface area contributed by atoms with Gasteiger partial charge in [0, 0.05) is 6.54 Å². The number of anilines is 1. The molecular weight excluding hydrogens is 448 g/mol. The average molecular weight is 475 g/mol. The largest absolute Gasteiger partial charge is 0.495 e. The molecule has 1 heterocycles. The Kier molecular flexibility index (Phi) is 7.83. The van der Waals surface area contributed by atoms with Gasteiger partial charge in [-0.05, 0) is 48.9 Å². The molecule has 1 aromatic heterocycles. The van der Waals surface area contributed by atoms with Crippen LogP contribution >= 0.6 is 0 Å². The molecule has 3 aromatic rings. The predicted molar refractivity (Wildman–Crippen MR) is 123 cm³/mol. The summed E-state index contributed by atoms with van der Waals surface area (Å²) in [6.45, 7) is 1.82. The fourth-order valence-electron chi connectivity index (χ4n) is 3.03. The molecule has 0 bridgehead atoms. The Morgan fingerprint density at radius 3 is 2.39 bits per heavy atom. The summed E-state index contributed by atoms with van der Waals surface area (Å²) in [5.74, 6) is 1.25. The van der Waals surface area contributed by atoms with Crippen LogP contribution in [-0.2, 0) is 23.2 Å². The molecule has 2 aromatic carbocycles. The highest BCUT2D eigenvalue weighted by Crippen LogP contribution is 2.30. The van der Waals surface area contributed by atoms with Gasteiger partial charge in [0.1, 0.15) is 11.5 Å². The Morgan fingerprint density at radius 2 is 1.73 bits per heavy atom. The summed E-state index contributed by atoms with van der Waals surface area (Å²) < 4.78 is 45.1. The number of carbonyl (C=O) groups excluding carboxylic acids is 1. The smallest absolute Gasteiger partial charge is 0.322 e. The molecule has 0 aliphatic rings. The second-order valence-electron chi connectivity index (χ2n) is 6.98. The minimum atomic E-state index is -3.76. The van der Waals surface area contributed by atoms with Gasteiger partial charge in [-0.3, -0.25) is 0 Å². The van der Waals surface area contributed by atoms with Crippen LogP contribution in [0.3, 0.4) is 0 Å². The number of methoxy groups -OCH3 is 2. The average Bonchev–Trinajstić information content (AvgIpc) is 3.32. The van der Waals surface area contributed by atoms with Gasteiger partial charge < -0.3 is 28.3 Å². The van der Waals surface area contributed by atoms with Crippen molar-refractivity contribution in [3.05, 3.63) is 72.2 Å². The van der Waals surface area contributed by atoms with Crippen LogP contribution in [0.25, 0.3) is 0 Å². The van der Waals surface area contributed by atoms with Crippen LogP contribution in [0.4, 0.5) is 10.5 Å². The van der Waals surface area contributed by atoms with Gasteiger partial charge >= 0.3 is 16.1 Å². The quantitative estimate of drug-likeness (QED) is 0.438. The summed E-state index contributed by atoms with van der Waals surface area (Å²) in [5, 5.41) is 2.85. The number of amides is 2. The van der Waals surface area contributed by atoms with Crippen LogP contribution in [0, 0.1) is 0 Å². The normalized spacial score (nSPS) is 11.0. The number of nitrogens with one attached hydrogen (secondary N) is 1. The molecule has 0 unspecified atom stereocenters. The highest BCUT2D eigenvalue weighted by molar-refractivity contribution is 7.87. The Bertz CT molecular complexity index is 1180. The molecule has 0 saturated carbocycles. The van der Waals surface area contributed by atoms with Crippen LogP contribution in [-0.4, -0.2) is 39.3 Å². The van der Waals surface area contributed by atoms with Crippen LogP contribution in [0.5, 0.6) is 17.2 Å². The van der Waals surface area contributed by atoms with Crippen molar-refractivity contribution >= 4 is 21.8 Å². The van der Waals surface area contributed by atoms with Gasteiger partial charge in [-0.2, -0.15) is 8.42 Å². The Labute approximate surface area is 193 Å². The molecule has 2 amide bonds. The summed E-state index contributed by atoms with van der Waals surface area (Å²) in [7, 11) is -0.814. The first kappa shape index (κ1) is 24.0. The van der Waals surface area contributed by atoms with Crippen molar-refractivity contribution in [2.45, 2.75) is 20.0 Å². The predicted octanol–water partition coefficient (Wildman–Crippen LogP) is 4.26. The molecule has 0 fully saturated rings. The SMILES string of the molecule is CCS(=O)(=O)Oc1cc(CN(Cc2ccco2)C(=O)Nc2ccccc2OC)ccc1OC. The molecule has 0 atom stereocenters. The zero-order valence-electron chi connectivity index (χ0n) is 18.6. The van der Waals surface area contributed by atoms with E-state index in [4.69, 9.17) is 18.1 Å². The van der Waals surface area contributed by atoms with Gasteiger partial charge in [0.25, 0.3) is 0 Å². The molecule has 33 heavy (non-hydrogen) atoms. The molecule has 0 spiro atoms. The van der Waals surface area contributed by atoms with Crippen LogP contribution in [0.15, 0.2) is 65.3 Å². The Morgan fingerprint density at radius 1 is 0.970 bits per heavy atom. The van der Waals surface area contributed by atoms with E-state index in [9.17, 15) is 13.2 Å². The van der Waals surface area contributed by atoms with Gasteiger partial charge in [-0.25, -0.2) is 4.79 Å². The number of hydrogen-bond donors (Lipinski definition) is 1. The molecule has 9 nitrogen and oxygen atoms in total. The molecule has 0 saturated heterocycles. The zero-order valence-corrected chi connectivity index (χ0v) is 19.4. The Hall–Kier alpha value is -3.66. The monoisotopic (exact) mass is 474 g/mol. The van der Waals surface area contributed by atoms with Gasteiger partial charge in [-0.1, -0.05) is 18.2 Å². The highest BCUT2D eigenvalue weighted by atomic mass is 32.2. The van der Waals surface area contributed by atoms with E-state index < -0.39 is 16.1 Å². The van der Waals surface area contributed by atoms with Crippen molar-refractivity contribution in [1.82, 2.24) is 4.90 Å². The lowest BCUT2D eigenvalue weighted by Gasteiger charge is -2.23. The first-order chi connectivity index (χ1) is 15.8. The molecule has 0 aliphatic carbocycles. The Balaban J connectivity index is 1.88. The van der Waals surface area contributed by atoms with Crippen LogP contribution in [0.2, 0.25) is 0 Å². The van der Waals surface area contributed by atoms with Crippen LogP contribution in [0.1, 0.15) is 18.2 Å². The van der Waals surface area contributed by atoms with E-state index in [1.165, 1.54) is 38.4 Å². The zero-order chi connectivity index (χ0) is 23.8. The lowest BCUT2D eigenvalue weighted by Crippen LogP contribution is -2.34. The summed E-state index contributed by atoms with van der Waals surface area (Å²) >= 11 is 0. The van der Waals surface area contributed by atoms with Crippen molar-refractivity contribution in [2.75, 3.05) is 25.3 Å². The van der Waals surface area contributed by atoms with Gasteiger partial charge in [-0.15, -0.1) is 0 Å². The second kappa shape index (κ2) is 10.8. The van der Waals surface area contributed by atoms with Crippen molar-refractivity contribution in [2.24, 2.45) is 0 Å². The number of urea groups is 1. The lowest BCUT2D eigenvalue weighted by atomic mass is 10.2. The maximum atomic E-state index is 13.2. The summed E-state index contributed by atoms with van der Waals surface area (Å²) in [6.07, 6.45) is 1.53. The number of para-hydroxylation sites is 2. The van der Waals surface area contributed by atoms with Crippen molar-refractivity contribution < 1.29 is 31.3 Å². The number of furan rings is 1. The van der Waals surface area contributed by atoms with E-state index >= 15 is 0 Å². The molecule has 0 radical (unpaired) electrons. The van der Waals surface area contributed by atoms with E-state index in [1.54, 1.807) is 48.5 Å². The maximum absolute atomic E-state index is 13.2. The number of ether oxygens (including phenoxy) is 2. The molecular formula is C23H26N2O7S. The summed E-state index contributed by atoms with van der Waals surface area (Å²) in [6, 6.07) is 15.0. The van der Waals surface area contributed by atoms with Crippen LogP contribution < -0.4 is 19.0 Å². The van der Waals surface area contributed by atoms with Crippen molar-refractivity contribution in [3.8, 4) is 17.2 Å². The van der Waals surface area contributed by atoms with Crippen molar-refractivity contribution in [1.29, 1.82) is 0 Å². The number of rotatable bonds is 10. The van der Waals surface area contributed by atoms with Crippen molar-refractivity contribution in [3.63, 3.8) is 0 Å². The van der Waals surface area contributed by atoms with E-state index in [-0.39, 0.29) is 30.3 Å². The minimum absolute atomic E-state index is 0.0555. The number of nitrogens with zero attached hydrogens (tertiary/aromatic N) is 1. The molecule has 1 N–H and O–H groups in total. The van der Waals surface area contributed by atoms with Gasteiger partial charge in [0.2, 0.25) is 0 Å². The maximum Gasteiger partial charge on any atom is 0.322 e. The second-order valence-corrected chi connectivity index (χ2v) is 8.84. The lowest BCUT2D eigenvalue weighted by molar-refractivity contribution is 0.201. The topological polar surface area (TPSA) is 107 Å². The van der Waals surface area contributed by atoms with Gasteiger partial charge in [0.15, 0.2) is 11.5 Å². The highest BCUT2D eigenvalue weighted by Gasteiger charge is 2.20. The molecule has 176 valence electrons. The summed E-state index contributed by atoms with van der Waals surface area (Å²) in [5.41, 5.74) is 1.15. The number of benzene rings is 2. The number of hydrogen-bond acceptors (Lipinski definition) is 7. The van der Waals surface area contributed by atoms with E-state index in [1.807, 2.05) is 0 Å². The molecule has 10 heteroatoms. The summed E-state index contributed by atoms with van der Waals surface area (Å²) in [4.78, 5) is 14.7. The van der Waals surface area contributed by atoms with E-state index in [0.717, 1.165) is 0 Å². The third-order valence-corrected chi connectivity index (χ3v) is 5.87. The first-order valence-electron chi connectivity index (χ1n) is 10.2. The third kappa shape index (κ3) is 6.42. The third-order valence-electron chi connectivity index (χ3n) is 4.73. The first-order valence-corrected chi connectivity index (χ1v) is 11.7. The standard InChI is InChI=1S/C23H26N2O7S/c1-4-33(27,28)32-22-14-17(11-12-21(22)30-3)15-25(16-18-8-7-13-31-18)23(26)24-19-9-5-6-10-20(19)29-2/h5-14H,4,15-16H2,1-3H3,(H,24,26). The fourth-order valence-corrected chi connectivity index (χ4v) is 3.55.